The van der Waals surface area contributed by atoms with Crippen LogP contribution in [0.3, 0.4) is 0 Å². The van der Waals surface area contributed by atoms with Gasteiger partial charge in [-0.05, 0) is 79.4 Å². The first-order valence-electron chi connectivity index (χ1n) is 13.5. The third-order valence-electron chi connectivity index (χ3n) is 8.81. The zero-order valence-corrected chi connectivity index (χ0v) is 21.3. The van der Waals surface area contributed by atoms with E-state index in [2.05, 4.69) is 26.0 Å². The number of nitrogens with zero attached hydrogens (tertiary/aromatic N) is 3. The van der Waals surface area contributed by atoms with Gasteiger partial charge >= 0.3 is 0 Å². The Kier molecular flexibility index (Phi) is 5.57. The minimum atomic E-state index is -0.717. The van der Waals surface area contributed by atoms with Crippen molar-refractivity contribution < 1.29 is 23.5 Å². The van der Waals surface area contributed by atoms with Crippen molar-refractivity contribution in [3.05, 3.63) is 53.2 Å². The van der Waals surface area contributed by atoms with Crippen molar-refractivity contribution in [1.29, 1.82) is 0 Å². The van der Waals surface area contributed by atoms with E-state index in [1.165, 1.54) is 25.3 Å². The maximum atomic E-state index is 14.5. The number of nitrogens with one attached hydrogen (secondary N) is 3. The highest BCUT2D eigenvalue weighted by atomic mass is 19.1. The van der Waals surface area contributed by atoms with Crippen molar-refractivity contribution in [2.75, 3.05) is 18.5 Å². The number of aromatic nitrogens is 3. The van der Waals surface area contributed by atoms with Crippen molar-refractivity contribution in [1.82, 2.24) is 25.2 Å². The molecule has 4 saturated carbocycles. The molecular formula is C28H29FN6O4. The summed E-state index contributed by atoms with van der Waals surface area (Å²) in [6.45, 7) is 0.661. The van der Waals surface area contributed by atoms with Crippen LogP contribution in [0.2, 0.25) is 0 Å². The van der Waals surface area contributed by atoms with E-state index in [-0.39, 0.29) is 41.5 Å². The van der Waals surface area contributed by atoms with Gasteiger partial charge in [-0.15, -0.1) is 0 Å². The van der Waals surface area contributed by atoms with Gasteiger partial charge in [-0.1, -0.05) is 6.07 Å². The Morgan fingerprint density at radius 3 is 2.56 bits per heavy atom. The van der Waals surface area contributed by atoms with E-state index in [1.54, 1.807) is 18.2 Å². The maximum absolute atomic E-state index is 14.5. The first kappa shape index (κ1) is 24.1. The Labute approximate surface area is 223 Å². The molecule has 1 aliphatic heterocycles. The zero-order valence-electron chi connectivity index (χ0n) is 21.3. The van der Waals surface area contributed by atoms with Crippen LogP contribution < -0.4 is 20.7 Å². The standard InChI is InChI=1S/C28H29FN6O4/c29-19-12-32-35-22(27(38)31-14-28-8-16-3-17(9-28)5-18(4-16)10-28)7-21(34-25(19)35)26(37)30-11-15-1-2-23-20(6-15)33-24(36)13-39-23/h1-2,6-7,12,16-18H,3-5,8-11,13-14H2,(H,30,37)(H,31,38)(H,33,36). The SMILES string of the molecule is O=C1COc2ccc(CNC(=O)c3cc(C(=O)NCC45CC6CC(CC(C6)C4)C5)n4ncc(F)c4n3)cc2N1. The summed E-state index contributed by atoms with van der Waals surface area (Å²) in [6.07, 6.45) is 8.38. The molecule has 0 spiro atoms. The fourth-order valence-electron chi connectivity index (χ4n) is 7.59. The molecule has 0 atom stereocenters. The molecule has 3 aromatic rings. The predicted molar refractivity (Wildman–Crippen MR) is 138 cm³/mol. The fraction of sp³-hybridized carbons (Fsp3) is 0.464. The highest BCUT2D eigenvalue weighted by molar-refractivity contribution is 5.98. The summed E-state index contributed by atoms with van der Waals surface area (Å²) in [5.41, 5.74) is 1.17. The van der Waals surface area contributed by atoms with E-state index in [0.717, 1.165) is 53.3 Å². The van der Waals surface area contributed by atoms with Gasteiger partial charge in [0.25, 0.3) is 17.7 Å². The number of rotatable bonds is 6. The molecule has 11 heteroatoms. The van der Waals surface area contributed by atoms with Gasteiger partial charge in [-0.3, -0.25) is 14.4 Å². The fourth-order valence-corrected chi connectivity index (χ4v) is 7.59. The summed E-state index contributed by atoms with van der Waals surface area (Å²) < 4.78 is 21.0. The molecular weight excluding hydrogens is 503 g/mol. The lowest BCUT2D eigenvalue weighted by Crippen LogP contribution is -2.51. The molecule has 1 aromatic carbocycles. The molecule has 4 fully saturated rings. The van der Waals surface area contributed by atoms with Crippen LogP contribution >= 0.6 is 0 Å². The van der Waals surface area contributed by atoms with Crippen molar-refractivity contribution in [3.8, 4) is 5.75 Å². The lowest BCUT2D eigenvalue weighted by atomic mass is 9.49. The summed E-state index contributed by atoms with van der Waals surface area (Å²) >= 11 is 0. The highest BCUT2D eigenvalue weighted by Crippen LogP contribution is 2.59. The van der Waals surface area contributed by atoms with E-state index in [9.17, 15) is 18.8 Å². The summed E-state index contributed by atoms with van der Waals surface area (Å²) in [7, 11) is 0. The molecule has 10 nitrogen and oxygen atoms in total. The number of hydrogen-bond donors (Lipinski definition) is 3. The van der Waals surface area contributed by atoms with Crippen LogP contribution in [-0.2, 0) is 11.3 Å². The summed E-state index contributed by atoms with van der Waals surface area (Å²) in [5, 5.41) is 12.6. The van der Waals surface area contributed by atoms with Gasteiger partial charge in [-0.2, -0.15) is 5.10 Å². The molecule has 3 N–H and O–H groups in total. The monoisotopic (exact) mass is 532 g/mol. The van der Waals surface area contributed by atoms with Crippen LogP contribution in [0.25, 0.3) is 5.65 Å². The number of halogens is 1. The first-order chi connectivity index (χ1) is 18.8. The molecule has 0 radical (unpaired) electrons. The first-order valence-corrected chi connectivity index (χ1v) is 13.5. The van der Waals surface area contributed by atoms with E-state index in [1.807, 2.05) is 0 Å². The second-order valence-electron chi connectivity index (χ2n) is 11.7. The Balaban J connectivity index is 1.08. The number of anilines is 1. The molecule has 39 heavy (non-hydrogen) atoms. The second kappa shape index (κ2) is 9.03. The highest BCUT2D eigenvalue weighted by Gasteiger charge is 2.50. The van der Waals surface area contributed by atoms with Gasteiger partial charge in [0.1, 0.15) is 17.1 Å². The van der Waals surface area contributed by atoms with Crippen LogP contribution in [0.15, 0.2) is 30.5 Å². The number of fused-ring (bicyclic) bond motifs is 2. The molecule has 4 bridgehead atoms. The Bertz CT molecular complexity index is 1480. The van der Waals surface area contributed by atoms with Gasteiger partial charge in [0.2, 0.25) is 0 Å². The quantitative estimate of drug-likeness (QED) is 0.448. The average Bonchev–Trinajstić information content (AvgIpc) is 3.29. The minimum absolute atomic E-state index is 0.0408. The van der Waals surface area contributed by atoms with Gasteiger partial charge in [0.15, 0.2) is 18.1 Å². The third-order valence-corrected chi connectivity index (χ3v) is 8.81. The van der Waals surface area contributed by atoms with E-state index < -0.39 is 17.6 Å². The van der Waals surface area contributed by atoms with E-state index in [0.29, 0.717) is 18.0 Å². The van der Waals surface area contributed by atoms with Crippen LogP contribution in [0.5, 0.6) is 5.75 Å². The zero-order chi connectivity index (χ0) is 26.7. The van der Waals surface area contributed by atoms with Gasteiger partial charge in [0, 0.05) is 19.2 Å². The van der Waals surface area contributed by atoms with Crippen LogP contribution in [0, 0.1) is 29.0 Å². The lowest BCUT2D eigenvalue weighted by molar-refractivity contribution is -0.118. The number of hydrogen-bond acceptors (Lipinski definition) is 6. The van der Waals surface area contributed by atoms with E-state index >= 15 is 0 Å². The Morgan fingerprint density at radius 1 is 1.08 bits per heavy atom. The molecule has 202 valence electrons. The van der Waals surface area contributed by atoms with Gasteiger partial charge in [0.05, 0.1) is 11.9 Å². The largest absolute Gasteiger partial charge is 0.482 e. The van der Waals surface area contributed by atoms with Crippen LogP contribution in [0.1, 0.15) is 65.1 Å². The average molecular weight is 533 g/mol. The number of benzene rings is 1. The number of carbonyl (C=O) groups is 3. The molecule has 4 aliphatic carbocycles. The summed E-state index contributed by atoms with van der Waals surface area (Å²) in [5.74, 6) is 0.896. The number of carbonyl (C=O) groups excluding carboxylic acids is 3. The lowest BCUT2D eigenvalue weighted by Gasteiger charge is -2.56. The van der Waals surface area contributed by atoms with Crippen molar-refractivity contribution in [2.24, 2.45) is 23.2 Å². The number of ether oxygens (including phenoxy) is 1. The van der Waals surface area contributed by atoms with Crippen LogP contribution in [0.4, 0.5) is 10.1 Å². The summed E-state index contributed by atoms with van der Waals surface area (Å²) in [4.78, 5) is 42.2. The predicted octanol–water partition coefficient (Wildman–Crippen LogP) is 3.08. The summed E-state index contributed by atoms with van der Waals surface area (Å²) in [6, 6.07) is 6.55. The Morgan fingerprint density at radius 2 is 1.82 bits per heavy atom. The Hall–Kier alpha value is -4.02. The molecule has 3 heterocycles. The smallest absolute Gasteiger partial charge is 0.270 e. The molecule has 3 amide bonds. The van der Waals surface area contributed by atoms with Gasteiger partial charge in [-0.25, -0.2) is 13.9 Å². The third kappa shape index (κ3) is 4.39. The van der Waals surface area contributed by atoms with Gasteiger partial charge < -0.3 is 20.7 Å². The maximum Gasteiger partial charge on any atom is 0.270 e. The minimum Gasteiger partial charge on any atom is -0.482 e. The molecule has 2 aromatic heterocycles. The van der Waals surface area contributed by atoms with E-state index in [4.69, 9.17) is 4.74 Å². The van der Waals surface area contributed by atoms with Crippen molar-refractivity contribution in [2.45, 2.75) is 45.1 Å². The van der Waals surface area contributed by atoms with Crippen LogP contribution in [-0.4, -0.2) is 45.5 Å². The normalized spacial score (nSPS) is 26.6. The second-order valence-corrected chi connectivity index (χ2v) is 11.7. The topological polar surface area (TPSA) is 127 Å². The number of amides is 3. The van der Waals surface area contributed by atoms with Crippen molar-refractivity contribution >= 4 is 29.1 Å². The molecule has 8 rings (SSSR count). The molecule has 0 unspecified atom stereocenters. The molecule has 5 aliphatic rings. The van der Waals surface area contributed by atoms with Crippen molar-refractivity contribution in [3.63, 3.8) is 0 Å². The molecule has 0 saturated heterocycles.